The molecule has 23 heavy (non-hydrogen) atoms. The molecule has 0 heterocycles. The lowest BCUT2D eigenvalue weighted by Crippen LogP contribution is -2.48. The van der Waals surface area contributed by atoms with Gasteiger partial charge in [-0.25, -0.2) is 0 Å². The van der Waals surface area contributed by atoms with Crippen LogP contribution in [0.15, 0.2) is 24.3 Å². The summed E-state index contributed by atoms with van der Waals surface area (Å²) in [4.78, 5) is 34.6. The van der Waals surface area contributed by atoms with Gasteiger partial charge in [-0.3, -0.25) is 25.2 Å². The summed E-state index contributed by atoms with van der Waals surface area (Å²) in [6.07, 6.45) is 0.291. The lowest BCUT2D eigenvalue weighted by Gasteiger charge is -2.11. The summed E-state index contributed by atoms with van der Waals surface area (Å²) in [6, 6.07) is 6.40. The smallest absolute Gasteiger partial charge is 0.269 e. The van der Waals surface area contributed by atoms with Crippen molar-refractivity contribution in [1.82, 2.24) is 16.2 Å². The quantitative estimate of drug-likeness (QED) is 0.491. The summed E-state index contributed by atoms with van der Waals surface area (Å²) in [5, 5.41) is 5.15. The average Bonchev–Trinajstić information content (AvgIpc) is 2.53. The van der Waals surface area contributed by atoms with Gasteiger partial charge in [0.15, 0.2) is 5.11 Å². The van der Waals surface area contributed by atoms with Crippen LogP contribution >= 0.6 is 12.2 Å². The van der Waals surface area contributed by atoms with Gasteiger partial charge in [-0.15, -0.1) is 0 Å². The fraction of sp³-hybridized carbons (Fsp3) is 0.333. The zero-order valence-corrected chi connectivity index (χ0v) is 14.0. The van der Waals surface area contributed by atoms with Crippen molar-refractivity contribution in [2.45, 2.75) is 27.2 Å². The molecule has 124 valence electrons. The fourth-order valence-corrected chi connectivity index (χ4v) is 1.59. The molecule has 7 nitrogen and oxygen atoms in total. The maximum Gasteiger partial charge on any atom is 0.269 e. The van der Waals surface area contributed by atoms with Crippen LogP contribution in [-0.4, -0.2) is 22.8 Å². The number of amides is 3. The van der Waals surface area contributed by atoms with Gasteiger partial charge in [-0.2, -0.15) is 0 Å². The number of benzene rings is 1. The molecule has 0 spiro atoms. The van der Waals surface area contributed by atoms with E-state index in [2.05, 4.69) is 21.5 Å². The first-order valence-electron chi connectivity index (χ1n) is 7.14. The van der Waals surface area contributed by atoms with E-state index in [1.807, 2.05) is 0 Å². The highest BCUT2D eigenvalue weighted by Crippen LogP contribution is 2.10. The SMILES string of the molecule is CCC(=O)NC(=S)NNC(=O)c1ccc(NC(=O)C(C)C)cc1. The number of hydrogen-bond acceptors (Lipinski definition) is 4. The summed E-state index contributed by atoms with van der Waals surface area (Å²) in [5.74, 6) is -0.885. The normalized spacial score (nSPS) is 9.91. The minimum Gasteiger partial charge on any atom is -0.326 e. The van der Waals surface area contributed by atoms with E-state index in [0.717, 1.165) is 0 Å². The van der Waals surface area contributed by atoms with Gasteiger partial charge in [0.25, 0.3) is 5.91 Å². The molecule has 1 aromatic carbocycles. The van der Waals surface area contributed by atoms with Gasteiger partial charge in [0.05, 0.1) is 0 Å². The van der Waals surface area contributed by atoms with E-state index in [1.54, 1.807) is 45.0 Å². The van der Waals surface area contributed by atoms with Crippen molar-refractivity contribution in [3.05, 3.63) is 29.8 Å². The van der Waals surface area contributed by atoms with E-state index in [-0.39, 0.29) is 22.8 Å². The van der Waals surface area contributed by atoms with Crippen molar-refractivity contribution >= 4 is 40.7 Å². The predicted molar refractivity (Wildman–Crippen MR) is 91.5 cm³/mol. The number of nitrogens with one attached hydrogen (secondary N) is 4. The zero-order valence-electron chi connectivity index (χ0n) is 13.2. The minimum atomic E-state index is -0.417. The molecule has 0 unspecified atom stereocenters. The van der Waals surface area contributed by atoms with E-state index in [1.165, 1.54) is 0 Å². The molecule has 1 aromatic rings. The number of hydrogen-bond donors (Lipinski definition) is 4. The molecule has 4 N–H and O–H groups in total. The molecule has 0 fully saturated rings. The van der Waals surface area contributed by atoms with Crippen molar-refractivity contribution in [1.29, 1.82) is 0 Å². The number of carbonyl (C=O) groups is 3. The highest BCUT2D eigenvalue weighted by Gasteiger charge is 2.09. The van der Waals surface area contributed by atoms with E-state index >= 15 is 0 Å². The molecule has 0 aliphatic heterocycles. The van der Waals surface area contributed by atoms with Gasteiger partial charge >= 0.3 is 0 Å². The highest BCUT2D eigenvalue weighted by atomic mass is 32.1. The van der Waals surface area contributed by atoms with Crippen LogP contribution in [0.25, 0.3) is 0 Å². The van der Waals surface area contributed by atoms with Gasteiger partial charge < -0.3 is 10.6 Å². The third-order valence-electron chi connectivity index (χ3n) is 2.80. The Morgan fingerprint density at radius 1 is 1.09 bits per heavy atom. The maximum atomic E-state index is 11.9. The number of hydrazine groups is 1. The molecule has 0 radical (unpaired) electrons. The summed E-state index contributed by atoms with van der Waals surface area (Å²) in [5.41, 5.74) is 5.80. The lowest BCUT2D eigenvalue weighted by atomic mass is 10.1. The fourth-order valence-electron chi connectivity index (χ4n) is 1.42. The number of rotatable bonds is 4. The molecule has 3 amide bonds. The standard InChI is InChI=1S/C15H20N4O3S/c1-4-12(20)17-15(23)19-18-14(22)10-5-7-11(8-6-10)16-13(21)9(2)3/h5-9H,4H2,1-3H3,(H,16,21)(H,18,22)(H2,17,19,20,23). The number of thiocarbonyl (C=S) groups is 1. The van der Waals surface area contributed by atoms with Crippen LogP contribution in [0.2, 0.25) is 0 Å². The molecular formula is C15H20N4O3S. The topological polar surface area (TPSA) is 99.3 Å². The van der Waals surface area contributed by atoms with Crippen LogP contribution in [-0.2, 0) is 9.59 Å². The lowest BCUT2D eigenvalue weighted by molar-refractivity contribution is -0.120. The van der Waals surface area contributed by atoms with Crippen LogP contribution in [0, 0.1) is 5.92 Å². The molecule has 0 aliphatic rings. The molecule has 0 bridgehead atoms. The van der Waals surface area contributed by atoms with Crippen molar-refractivity contribution in [2.24, 2.45) is 5.92 Å². The van der Waals surface area contributed by atoms with E-state index < -0.39 is 5.91 Å². The number of carbonyl (C=O) groups excluding carboxylic acids is 3. The Hall–Kier alpha value is -2.48. The molecule has 0 saturated carbocycles. The molecule has 0 saturated heterocycles. The van der Waals surface area contributed by atoms with Gasteiger partial charge in [-0.1, -0.05) is 20.8 Å². The average molecular weight is 336 g/mol. The third kappa shape index (κ3) is 6.43. The van der Waals surface area contributed by atoms with Crippen molar-refractivity contribution in [3.8, 4) is 0 Å². The van der Waals surface area contributed by atoms with Crippen LogP contribution in [0.3, 0.4) is 0 Å². The van der Waals surface area contributed by atoms with E-state index in [4.69, 9.17) is 12.2 Å². The van der Waals surface area contributed by atoms with E-state index in [9.17, 15) is 14.4 Å². The highest BCUT2D eigenvalue weighted by molar-refractivity contribution is 7.80. The first-order chi connectivity index (χ1) is 10.8. The molecular weight excluding hydrogens is 316 g/mol. The van der Waals surface area contributed by atoms with Crippen molar-refractivity contribution in [3.63, 3.8) is 0 Å². The largest absolute Gasteiger partial charge is 0.326 e. The molecule has 0 atom stereocenters. The molecule has 1 rings (SSSR count). The van der Waals surface area contributed by atoms with Crippen molar-refractivity contribution in [2.75, 3.05) is 5.32 Å². The zero-order chi connectivity index (χ0) is 17.4. The van der Waals surface area contributed by atoms with Crippen LogP contribution < -0.4 is 21.5 Å². The Bertz CT molecular complexity index is 599. The second-order valence-electron chi connectivity index (χ2n) is 5.03. The van der Waals surface area contributed by atoms with Gasteiger partial charge in [-0.05, 0) is 36.5 Å². The molecule has 0 aromatic heterocycles. The summed E-state index contributed by atoms with van der Waals surface area (Å²) >= 11 is 4.85. The van der Waals surface area contributed by atoms with Crippen LogP contribution in [0.1, 0.15) is 37.6 Å². The van der Waals surface area contributed by atoms with Crippen molar-refractivity contribution < 1.29 is 14.4 Å². The second kappa shape index (κ2) is 8.84. The molecule has 0 aliphatic carbocycles. The Kier molecular flexibility index (Phi) is 7.14. The minimum absolute atomic E-state index is 0.0195. The molecule has 8 heteroatoms. The predicted octanol–water partition coefficient (Wildman–Crippen LogP) is 1.33. The summed E-state index contributed by atoms with van der Waals surface area (Å²) < 4.78 is 0. The van der Waals surface area contributed by atoms with Gasteiger partial charge in [0, 0.05) is 23.6 Å². The monoisotopic (exact) mass is 336 g/mol. The Balaban J connectivity index is 2.53. The Morgan fingerprint density at radius 3 is 2.22 bits per heavy atom. The summed E-state index contributed by atoms with van der Waals surface area (Å²) in [6.45, 7) is 5.28. The van der Waals surface area contributed by atoms with Crippen LogP contribution in [0.5, 0.6) is 0 Å². The number of anilines is 1. The maximum absolute atomic E-state index is 11.9. The first-order valence-corrected chi connectivity index (χ1v) is 7.55. The van der Waals surface area contributed by atoms with Gasteiger partial charge in [0.2, 0.25) is 11.8 Å². The van der Waals surface area contributed by atoms with Crippen LogP contribution in [0.4, 0.5) is 5.69 Å². The second-order valence-corrected chi connectivity index (χ2v) is 5.44. The Morgan fingerprint density at radius 2 is 1.70 bits per heavy atom. The Labute approximate surface area is 140 Å². The third-order valence-corrected chi connectivity index (χ3v) is 3.01. The first kappa shape index (κ1) is 18.6. The van der Waals surface area contributed by atoms with Gasteiger partial charge in [0.1, 0.15) is 0 Å². The van der Waals surface area contributed by atoms with E-state index in [0.29, 0.717) is 17.7 Å². The summed E-state index contributed by atoms with van der Waals surface area (Å²) in [7, 11) is 0.